The molecule has 0 fully saturated rings. The van der Waals surface area contributed by atoms with E-state index in [9.17, 15) is 19.6 Å². The Labute approximate surface area is 217 Å². The molecule has 4 rings (SSSR count). The summed E-state index contributed by atoms with van der Waals surface area (Å²) in [7, 11) is 0. The Morgan fingerprint density at radius 2 is 1.95 bits per heavy atom. The number of thiazole rings is 1. The van der Waals surface area contributed by atoms with E-state index in [2.05, 4.69) is 27.0 Å². The van der Waals surface area contributed by atoms with Gasteiger partial charge in [-0.3, -0.25) is 19.0 Å². The van der Waals surface area contributed by atoms with Gasteiger partial charge in [0.25, 0.3) is 11.5 Å². The van der Waals surface area contributed by atoms with Gasteiger partial charge in [0.1, 0.15) is 26.9 Å². The summed E-state index contributed by atoms with van der Waals surface area (Å²) in [6.07, 6.45) is 2.41. The second kappa shape index (κ2) is 11.5. The van der Waals surface area contributed by atoms with Crippen molar-refractivity contribution in [2.24, 2.45) is 0 Å². The SMILES string of the molecule is CCNC(=O)C(C#N)=c1sc(=CNc2cccc(NC(=O)CN3CCc4ccccc43)n2)c(=O)n1CC. The summed E-state index contributed by atoms with van der Waals surface area (Å²) in [6.45, 7) is 5.23. The molecule has 1 aliphatic rings. The Morgan fingerprint density at radius 3 is 2.70 bits per heavy atom. The average Bonchev–Trinajstić information content (AvgIpc) is 3.44. The molecule has 3 N–H and O–H groups in total. The number of carbonyl (C=O) groups is 2. The molecule has 190 valence electrons. The highest BCUT2D eigenvalue weighted by atomic mass is 32.1. The van der Waals surface area contributed by atoms with Crippen molar-refractivity contribution in [2.45, 2.75) is 26.8 Å². The highest BCUT2D eigenvalue weighted by molar-refractivity contribution is 7.07. The predicted molar refractivity (Wildman–Crippen MR) is 145 cm³/mol. The molecule has 0 saturated heterocycles. The first kappa shape index (κ1) is 25.7. The van der Waals surface area contributed by atoms with Crippen LogP contribution in [0.4, 0.5) is 17.3 Å². The van der Waals surface area contributed by atoms with E-state index in [1.807, 2.05) is 29.2 Å². The third-order valence-corrected chi connectivity index (χ3v) is 6.93. The molecule has 1 aliphatic heterocycles. The normalized spacial score (nSPS) is 13.5. The lowest BCUT2D eigenvalue weighted by Crippen LogP contribution is -2.34. The van der Waals surface area contributed by atoms with E-state index in [-0.39, 0.29) is 23.6 Å². The van der Waals surface area contributed by atoms with Crippen LogP contribution in [0.3, 0.4) is 0 Å². The van der Waals surface area contributed by atoms with Gasteiger partial charge in [0.2, 0.25) is 5.91 Å². The monoisotopic (exact) mass is 517 g/mol. The van der Waals surface area contributed by atoms with Crippen molar-refractivity contribution >= 4 is 52.2 Å². The summed E-state index contributed by atoms with van der Waals surface area (Å²) < 4.78 is 2.01. The molecule has 3 heterocycles. The summed E-state index contributed by atoms with van der Waals surface area (Å²) in [5, 5.41) is 17.9. The van der Waals surface area contributed by atoms with E-state index in [1.165, 1.54) is 16.3 Å². The van der Waals surface area contributed by atoms with Crippen molar-refractivity contribution in [3.63, 3.8) is 0 Å². The molecule has 0 radical (unpaired) electrons. The predicted octanol–water partition coefficient (Wildman–Crippen LogP) is 0.986. The minimum absolute atomic E-state index is 0.103. The van der Waals surface area contributed by atoms with Crippen molar-refractivity contribution in [1.29, 1.82) is 5.26 Å². The maximum atomic E-state index is 12.9. The molecule has 0 bridgehead atoms. The zero-order valence-electron chi connectivity index (χ0n) is 20.6. The number of pyridine rings is 1. The molecule has 0 unspecified atom stereocenters. The summed E-state index contributed by atoms with van der Waals surface area (Å²) in [5.41, 5.74) is 1.89. The van der Waals surface area contributed by atoms with Crippen LogP contribution >= 0.6 is 11.3 Å². The van der Waals surface area contributed by atoms with E-state index >= 15 is 0 Å². The number of fused-ring (bicyclic) bond motifs is 1. The fourth-order valence-electron chi connectivity index (χ4n) is 4.09. The van der Waals surface area contributed by atoms with Gasteiger partial charge in [-0.2, -0.15) is 5.26 Å². The molecule has 10 nitrogen and oxygen atoms in total. The van der Waals surface area contributed by atoms with Crippen LogP contribution in [0.1, 0.15) is 19.4 Å². The number of hydrogen-bond donors (Lipinski definition) is 3. The Balaban J connectivity index is 1.51. The lowest BCUT2D eigenvalue weighted by molar-refractivity contribution is -0.116. The Bertz CT molecular complexity index is 1550. The number of hydrogen-bond acceptors (Lipinski definition) is 8. The molecule has 37 heavy (non-hydrogen) atoms. The number of nitrogens with zero attached hydrogens (tertiary/aromatic N) is 4. The Morgan fingerprint density at radius 1 is 1.16 bits per heavy atom. The van der Waals surface area contributed by atoms with Crippen LogP contribution in [0, 0.1) is 11.3 Å². The third kappa shape index (κ3) is 5.70. The Hall–Kier alpha value is -4.43. The molecular weight excluding hydrogens is 490 g/mol. The third-order valence-electron chi connectivity index (χ3n) is 5.80. The second-order valence-electron chi connectivity index (χ2n) is 8.21. The van der Waals surface area contributed by atoms with Gasteiger partial charge in [-0.15, -0.1) is 11.3 Å². The van der Waals surface area contributed by atoms with E-state index in [0.717, 1.165) is 30.0 Å². The van der Waals surface area contributed by atoms with Gasteiger partial charge in [0, 0.05) is 31.5 Å². The summed E-state index contributed by atoms with van der Waals surface area (Å²) in [6, 6.07) is 15.1. The van der Waals surface area contributed by atoms with Crippen LogP contribution in [0.2, 0.25) is 0 Å². The minimum Gasteiger partial charge on any atom is -0.362 e. The highest BCUT2D eigenvalue weighted by Crippen LogP contribution is 2.27. The molecular formula is C26H27N7O3S. The van der Waals surface area contributed by atoms with Crippen molar-refractivity contribution < 1.29 is 9.59 Å². The Kier molecular flexibility index (Phi) is 8.00. The van der Waals surface area contributed by atoms with E-state index in [1.54, 1.807) is 32.0 Å². The maximum Gasteiger partial charge on any atom is 0.270 e. The van der Waals surface area contributed by atoms with Gasteiger partial charge in [0.15, 0.2) is 5.57 Å². The zero-order valence-corrected chi connectivity index (χ0v) is 21.4. The van der Waals surface area contributed by atoms with Crippen molar-refractivity contribution in [2.75, 3.05) is 35.2 Å². The van der Waals surface area contributed by atoms with Crippen LogP contribution in [-0.4, -0.2) is 41.0 Å². The lowest BCUT2D eigenvalue weighted by Gasteiger charge is -2.18. The number of carbonyl (C=O) groups excluding carboxylic acids is 2. The largest absolute Gasteiger partial charge is 0.362 e. The number of para-hydroxylation sites is 1. The van der Waals surface area contributed by atoms with Crippen LogP contribution in [0.15, 0.2) is 47.3 Å². The number of nitriles is 1. The van der Waals surface area contributed by atoms with Gasteiger partial charge >= 0.3 is 0 Å². The molecule has 1 aromatic carbocycles. The maximum absolute atomic E-state index is 12.9. The molecule has 0 aliphatic carbocycles. The van der Waals surface area contributed by atoms with Gasteiger partial charge in [-0.25, -0.2) is 4.98 Å². The fraction of sp³-hybridized carbons (Fsp3) is 0.269. The number of amides is 2. The lowest BCUT2D eigenvalue weighted by atomic mass is 10.2. The van der Waals surface area contributed by atoms with Crippen molar-refractivity contribution in [3.8, 4) is 6.07 Å². The molecule has 0 atom stereocenters. The van der Waals surface area contributed by atoms with E-state index < -0.39 is 5.91 Å². The van der Waals surface area contributed by atoms with E-state index in [0.29, 0.717) is 33.9 Å². The first-order valence-electron chi connectivity index (χ1n) is 11.9. The van der Waals surface area contributed by atoms with Crippen LogP contribution < -0.4 is 35.6 Å². The van der Waals surface area contributed by atoms with E-state index in [4.69, 9.17) is 0 Å². The van der Waals surface area contributed by atoms with Crippen molar-refractivity contribution in [3.05, 3.63) is 67.6 Å². The topological polar surface area (TPSA) is 132 Å². The van der Waals surface area contributed by atoms with Gasteiger partial charge in [0.05, 0.1) is 6.54 Å². The first-order chi connectivity index (χ1) is 17.9. The molecule has 2 aromatic heterocycles. The second-order valence-corrected chi connectivity index (χ2v) is 9.24. The average molecular weight is 518 g/mol. The number of benzene rings is 1. The van der Waals surface area contributed by atoms with Crippen LogP contribution in [0.25, 0.3) is 11.8 Å². The number of anilines is 3. The van der Waals surface area contributed by atoms with Gasteiger partial charge in [-0.1, -0.05) is 24.3 Å². The smallest absolute Gasteiger partial charge is 0.270 e. The molecule has 11 heteroatoms. The molecule has 0 spiro atoms. The van der Waals surface area contributed by atoms with Crippen LogP contribution in [-0.2, 0) is 22.6 Å². The highest BCUT2D eigenvalue weighted by Gasteiger charge is 2.20. The molecule has 0 saturated carbocycles. The summed E-state index contributed by atoms with van der Waals surface area (Å²) in [5.74, 6) is 0.111. The standard InChI is InChI=1S/C26H27N7O3S/c1-3-28-24(35)18(14-27)26-33(4-2)25(36)20(37-26)15-29-21-10-7-11-22(30-21)31-23(34)16-32-13-12-17-8-5-6-9-19(17)32/h5-11,15H,3-4,12-13,16H2,1-2H3,(H,28,35)(H2,29,30,31,34). The first-order valence-corrected chi connectivity index (χ1v) is 12.8. The van der Waals surface area contributed by atoms with Crippen molar-refractivity contribution in [1.82, 2.24) is 14.9 Å². The number of nitrogens with one attached hydrogen (secondary N) is 3. The quantitative estimate of drug-likeness (QED) is 0.406. The molecule has 3 aromatic rings. The van der Waals surface area contributed by atoms with Gasteiger partial charge < -0.3 is 20.9 Å². The zero-order chi connectivity index (χ0) is 26.4. The molecule has 2 amide bonds. The number of aromatic nitrogens is 2. The number of rotatable bonds is 8. The summed E-state index contributed by atoms with van der Waals surface area (Å²) in [4.78, 5) is 44.3. The summed E-state index contributed by atoms with van der Waals surface area (Å²) >= 11 is 1.05. The minimum atomic E-state index is -0.518. The fourth-order valence-corrected chi connectivity index (χ4v) is 5.17. The van der Waals surface area contributed by atoms with Crippen LogP contribution in [0.5, 0.6) is 0 Å². The van der Waals surface area contributed by atoms with Gasteiger partial charge in [-0.05, 0) is 44.0 Å².